The minimum atomic E-state index is -0.419. The SMILES string of the molecule is N#Cc1ccc(O)c(C(=O)c2c[nH]c3ccccc23)n1. The van der Waals surface area contributed by atoms with Crippen LogP contribution in [0.3, 0.4) is 0 Å². The molecule has 0 spiro atoms. The number of rotatable bonds is 2. The Labute approximate surface area is 114 Å². The summed E-state index contributed by atoms with van der Waals surface area (Å²) in [6.07, 6.45) is 1.58. The molecule has 2 heterocycles. The number of carbonyl (C=O) groups excluding carboxylic acids is 1. The maximum absolute atomic E-state index is 12.5. The second-order valence-corrected chi connectivity index (χ2v) is 4.25. The summed E-state index contributed by atoms with van der Waals surface area (Å²) >= 11 is 0. The number of pyridine rings is 1. The smallest absolute Gasteiger partial charge is 0.217 e. The predicted octanol–water partition coefficient (Wildman–Crippen LogP) is 2.37. The molecule has 0 aliphatic carbocycles. The van der Waals surface area contributed by atoms with Crippen molar-refractivity contribution in [3.05, 3.63) is 59.5 Å². The highest BCUT2D eigenvalue weighted by Crippen LogP contribution is 2.24. The van der Waals surface area contributed by atoms with Gasteiger partial charge in [-0.05, 0) is 18.2 Å². The van der Waals surface area contributed by atoms with Gasteiger partial charge in [0.15, 0.2) is 5.69 Å². The van der Waals surface area contributed by atoms with E-state index in [2.05, 4.69) is 9.97 Å². The van der Waals surface area contributed by atoms with Gasteiger partial charge in [-0.15, -0.1) is 0 Å². The van der Waals surface area contributed by atoms with Crippen LogP contribution in [0, 0.1) is 11.3 Å². The number of ketones is 1. The van der Waals surface area contributed by atoms with Crippen LogP contribution in [0.4, 0.5) is 0 Å². The first-order chi connectivity index (χ1) is 9.70. The molecule has 0 aliphatic heterocycles. The molecule has 0 bridgehead atoms. The van der Waals surface area contributed by atoms with Crippen LogP contribution in [-0.2, 0) is 0 Å². The van der Waals surface area contributed by atoms with Crippen LogP contribution in [0.2, 0.25) is 0 Å². The van der Waals surface area contributed by atoms with E-state index >= 15 is 0 Å². The number of hydrogen-bond acceptors (Lipinski definition) is 4. The Bertz CT molecular complexity index is 859. The zero-order valence-electron chi connectivity index (χ0n) is 10.3. The first-order valence-electron chi connectivity index (χ1n) is 5.91. The monoisotopic (exact) mass is 263 g/mol. The zero-order chi connectivity index (χ0) is 14.1. The minimum absolute atomic E-state index is 0.0889. The summed E-state index contributed by atoms with van der Waals surface area (Å²) in [6.45, 7) is 0. The fraction of sp³-hybridized carbons (Fsp3) is 0. The third kappa shape index (κ3) is 1.80. The van der Waals surface area contributed by atoms with Crippen molar-refractivity contribution in [2.45, 2.75) is 0 Å². The van der Waals surface area contributed by atoms with E-state index < -0.39 is 5.78 Å². The Morgan fingerprint density at radius 1 is 1.25 bits per heavy atom. The molecular weight excluding hydrogens is 254 g/mol. The van der Waals surface area contributed by atoms with Gasteiger partial charge in [0.05, 0.1) is 0 Å². The lowest BCUT2D eigenvalue weighted by molar-refractivity contribution is 0.103. The van der Waals surface area contributed by atoms with Gasteiger partial charge >= 0.3 is 0 Å². The summed E-state index contributed by atoms with van der Waals surface area (Å²) in [5.41, 5.74) is 1.21. The molecule has 0 radical (unpaired) electrons. The quantitative estimate of drug-likeness (QED) is 0.694. The second-order valence-electron chi connectivity index (χ2n) is 4.25. The lowest BCUT2D eigenvalue weighted by Gasteiger charge is -2.02. The Hall–Kier alpha value is -3.13. The Morgan fingerprint density at radius 2 is 2.05 bits per heavy atom. The number of benzene rings is 1. The number of aromatic hydroxyl groups is 1. The average molecular weight is 263 g/mol. The molecule has 0 atom stereocenters. The summed E-state index contributed by atoms with van der Waals surface area (Å²) < 4.78 is 0. The molecule has 2 N–H and O–H groups in total. The molecule has 3 rings (SSSR count). The standard InChI is InChI=1S/C15H9N3O2/c16-7-9-5-6-13(19)14(18-9)15(20)11-8-17-12-4-2-1-3-10(11)12/h1-6,8,17,19H. The molecule has 0 saturated heterocycles. The highest BCUT2D eigenvalue weighted by atomic mass is 16.3. The van der Waals surface area contributed by atoms with Gasteiger partial charge in [0.1, 0.15) is 17.5 Å². The number of fused-ring (bicyclic) bond motifs is 1. The molecule has 96 valence electrons. The molecule has 5 nitrogen and oxygen atoms in total. The van der Waals surface area contributed by atoms with E-state index in [9.17, 15) is 9.90 Å². The van der Waals surface area contributed by atoms with Gasteiger partial charge in [0.2, 0.25) is 5.78 Å². The van der Waals surface area contributed by atoms with Gasteiger partial charge in [0.25, 0.3) is 0 Å². The summed E-state index contributed by atoms with van der Waals surface area (Å²) in [5.74, 6) is -0.656. The van der Waals surface area contributed by atoms with Gasteiger partial charge in [0, 0.05) is 22.7 Å². The predicted molar refractivity (Wildman–Crippen MR) is 72.3 cm³/mol. The number of H-pyrrole nitrogens is 1. The van der Waals surface area contributed by atoms with E-state index in [1.165, 1.54) is 12.1 Å². The highest BCUT2D eigenvalue weighted by molar-refractivity contribution is 6.16. The van der Waals surface area contributed by atoms with Gasteiger partial charge in [-0.3, -0.25) is 4.79 Å². The van der Waals surface area contributed by atoms with Crippen molar-refractivity contribution >= 4 is 16.7 Å². The largest absolute Gasteiger partial charge is 0.506 e. The number of aromatic nitrogens is 2. The van der Waals surface area contributed by atoms with E-state index in [0.717, 1.165) is 10.9 Å². The third-order valence-electron chi connectivity index (χ3n) is 3.04. The van der Waals surface area contributed by atoms with Crippen LogP contribution in [0.1, 0.15) is 21.7 Å². The van der Waals surface area contributed by atoms with E-state index in [0.29, 0.717) is 5.56 Å². The van der Waals surface area contributed by atoms with Crippen molar-refractivity contribution in [3.63, 3.8) is 0 Å². The Balaban J connectivity index is 2.16. The maximum atomic E-state index is 12.5. The molecule has 20 heavy (non-hydrogen) atoms. The molecule has 3 aromatic rings. The van der Waals surface area contributed by atoms with Crippen molar-refractivity contribution in [2.24, 2.45) is 0 Å². The van der Waals surface area contributed by atoms with Gasteiger partial charge < -0.3 is 10.1 Å². The Kier molecular flexibility index (Phi) is 2.70. The van der Waals surface area contributed by atoms with Crippen LogP contribution >= 0.6 is 0 Å². The van der Waals surface area contributed by atoms with Crippen molar-refractivity contribution in [2.75, 3.05) is 0 Å². The van der Waals surface area contributed by atoms with E-state index in [4.69, 9.17) is 5.26 Å². The van der Waals surface area contributed by atoms with Gasteiger partial charge in [-0.1, -0.05) is 18.2 Å². The molecule has 0 aliphatic rings. The molecule has 0 unspecified atom stereocenters. The van der Waals surface area contributed by atoms with Crippen LogP contribution in [0.25, 0.3) is 10.9 Å². The Morgan fingerprint density at radius 3 is 2.85 bits per heavy atom. The van der Waals surface area contributed by atoms with Crippen molar-refractivity contribution in [1.82, 2.24) is 9.97 Å². The summed E-state index contributed by atoms with van der Waals surface area (Å²) in [7, 11) is 0. The number of para-hydroxylation sites is 1. The van der Waals surface area contributed by atoms with E-state index in [1.807, 2.05) is 30.3 Å². The summed E-state index contributed by atoms with van der Waals surface area (Å²) in [4.78, 5) is 19.3. The number of nitriles is 1. The van der Waals surface area contributed by atoms with Crippen LogP contribution in [0.15, 0.2) is 42.6 Å². The van der Waals surface area contributed by atoms with Gasteiger partial charge in [-0.2, -0.15) is 5.26 Å². The second kappa shape index (κ2) is 4.52. The lowest BCUT2D eigenvalue weighted by atomic mass is 10.1. The van der Waals surface area contributed by atoms with Crippen molar-refractivity contribution < 1.29 is 9.90 Å². The molecule has 1 aromatic carbocycles. The number of nitrogens with zero attached hydrogens (tertiary/aromatic N) is 2. The fourth-order valence-corrected chi connectivity index (χ4v) is 2.07. The highest BCUT2D eigenvalue weighted by Gasteiger charge is 2.19. The lowest BCUT2D eigenvalue weighted by Crippen LogP contribution is -2.05. The van der Waals surface area contributed by atoms with E-state index in [-0.39, 0.29) is 17.1 Å². The molecule has 5 heteroatoms. The third-order valence-corrected chi connectivity index (χ3v) is 3.04. The normalized spacial score (nSPS) is 10.3. The molecular formula is C15H9N3O2. The first kappa shape index (κ1) is 11.9. The average Bonchev–Trinajstić information content (AvgIpc) is 2.91. The number of hydrogen-bond donors (Lipinski definition) is 2. The van der Waals surface area contributed by atoms with Crippen LogP contribution in [0.5, 0.6) is 5.75 Å². The topological polar surface area (TPSA) is 89.8 Å². The molecule has 0 saturated carbocycles. The van der Waals surface area contributed by atoms with Crippen LogP contribution < -0.4 is 0 Å². The number of carbonyl (C=O) groups is 1. The summed E-state index contributed by atoms with van der Waals surface area (Å²) in [5, 5.41) is 19.3. The molecule has 2 aromatic heterocycles. The maximum Gasteiger partial charge on any atom is 0.217 e. The first-order valence-corrected chi connectivity index (χ1v) is 5.91. The van der Waals surface area contributed by atoms with Crippen molar-refractivity contribution in [3.8, 4) is 11.8 Å². The number of aromatic amines is 1. The fourth-order valence-electron chi connectivity index (χ4n) is 2.07. The minimum Gasteiger partial charge on any atom is -0.506 e. The zero-order valence-corrected chi connectivity index (χ0v) is 10.3. The molecule has 0 fully saturated rings. The number of nitrogens with one attached hydrogen (secondary N) is 1. The van der Waals surface area contributed by atoms with E-state index in [1.54, 1.807) is 6.20 Å². The summed E-state index contributed by atoms with van der Waals surface area (Å²) in [6, 6.07) is 11.9. The van der Waals surface area contributed by atoms with Crippen LogP contribution in [-0.4, -0.2) is 20.9 Å². The molecule has 0 amide bonds. The van der Waals surface area contributed by atoms with Gasteiger partial charge in [-0.25, -0.2) is 4.98 Å². The van der Waals surface area contributed by atoms with Crippen molar-refractivity contribution in [1.29, 1.82) is 5.26 Å².